The SMILES string of the molecule is Cc1cnccn1.c1ccc([S+](c2ccccc2)c2ccccc2)cc1. The lowest BCUT2D eigenvalue weighted by Crippen LogP contribution is -2.04. The quantitative estimate of drug-likeness (QED) is 0.448. The van der Waals surface area contributed by atoms with Crippen LogP contribution in [0.3, 0.4) is 0 Å². The summed E-state index contributed by atoms with van der Waals surface area (Å²) in [7, 11) is -0.0146. The Hall–Kier alpha value is -2.91. The van der Waals surface area contributed by atoms with Crippen molar-refractivity contribution in [2.24, 2.45) is 0 Å². The molecule has 0 spiro atoms. The molecular formula is C23H21N2S+. The third kappa shape index (κ3) is 5.04. The van der Waals surface area contributed by atoms with Crippen molar-refractivity contribution in [3.05, 3.63) is 115 Å². The van der Waals surface area contributed by atoms with E-state index in [0.29, 0.717) is 0 Å². The Morgan fingerprint density at radius 3 is 1.27 bits per heavy atom. The second kappa shape index (κ2) is 9.54. The van der Waals surface area contributed by atoms with E-state index in [1.807, 2.05) is 6.92 Å². The highest BCUT2D eigenvalue weighted by Crippen LogP contribution is 2.30. The van der Waals surface area contributed by atoms with Gasteiger partial charge in [-0.2, -0.15) is 0 Å². The normalized spacial score (nSPS) is 10.1. The fraction of sp³-hybridized carbons (Fsp3) is 0.0435. The Morgan fingerprint density at radius 1 is 0.577 bits per heavy atom. The monoisotopic (exact) mass is 357 g/mol. The first-order valence-electron chi connectivity index (χ1n) is 8.46. The molecule has 3 heteroatoms. The van der Waals surface area contributed by atoms with Crippen molar-refractivity contribution in [3.8, 4) is 0 Å². The van der Waals surface area contributed by atoms with E-state index < -0.39 is 0 Å². The average Bonchev–Trinajstić information content (AvgIpc) is 2.72. The van der Waals surface area contributed by atoms with Gasteiger partial charge in [0.1, 0.15) is 0 Å². The van der Waals surface area contributed by atoms with Crippen molar-refractivity contribution in [2.75, 3.05) is 0 Å². The molecule has 1 heterocycles. The standard InChI is InChI=1S/C18H15S.C5H6N2/c1-4-10-16(11-5-1)19(17-12-6-2-7-13-17)18-14-8-3-9-15-18;1-5-4-6-2-3-7-5/h1-15H;2-4H,1H3/q+1;. The van der Waals surface area contributed by atoms with Crippen molar-refractivity contribution in [1.29, 1.82) is 0 Å². The number of nitrogens with zero attached hydrogens (tertiary/aromatic N) is 2. The molecule has 0 unspecified atom stereocenters. The lowest BCUT2D eigenvalue weighted by molar-refractivity contribution is 1.12. The minimum absolute atomic E-state index is 0.0146. The van der Waals surface area contributed by atoms with Crippen LogP contribution in [0, 0.1) is 6.92 Å². The summed E-state index contributed by atoms with van der Waals surface area (Å²) in [6.45, 7) is 1.91. The van der Waals surface area contributed by atoms with Crippen LogP contribution < -0.4 is 0 Å². The molecule has 0 aliphatic rings. The van der Waals surface area contributed by atoms with Gasteiger partial charge in [0.2, 0.25) is 0 Å². The highest BCUT2D eigenvalue weighted by molar-refractivity contribution is 7.97. The molecule has 0 aliphatic carbocycles. The van der Waals surface area contributed by atoms with Crippen molar-refractivity contribution >= 4 is 10.9 Å². The van der Waals surface area contributed by atoms with Crippen LogP contribution in [0.2, 0.25) is 0 Å². The van der Waals surface area contributed by atoms with Gasteiger partial charge in [0.15, 0.2) is 14.7 Å². The lowest BCUT2D eigenvalue weighted by atomic mass is 10.4. The topological polar surface area (TPSA) is 25.8 Å². The number of benzene rings is 3. The molecular weight excluding hydrogens is 336 g/mol. The molecule has 0 N–H and O–H groups in total. The second-order valence-electron chi connectivity index (χ2n) is 5.59. The van der Waals surface area contributed by atoms with Gasteiger partial charge in [-0.15, -0.1) is 0 Å². The first-order valence-corrected chi connectivity index (χ1v) is 9.69. The van der Waals surface area contributed by atoms with Crippen LogP contribution in [0.5, 0.6) is 0 Å². The van der Waals surface area contributed by atoms with Gasteiger partial charge in [-0.25, -0.2) is 0 Å². The van der Waals surface area contributed by atoms with Crippen molar-refractivity contribution in [2.45, 2.75) is 21.6 Å². The molecule has 0 radical (unpaired) electrons. The molecule has 128 valence electrons. The largest absolute Gasteiger partial charge is 0.261 e. The summed E-state index contributed by atoms with van der Waals surface area (Å²) in [4.78, 5) is 11.8. The predicted octanol–water partition coefficient (Wildman–Crippen LogP) is 5.57. The van der Waals surface area contributed by atoms with Crippen molar-refractivity contribution < 1.29 is 0 Å². The van der Waals surface area contributed by atoms with Crippen LogP contribution in [-0.2, 0) is 10.9 Å². The summed E-state index contributed by atoms with van der Waals surface area (Å²) in [5, 5.41) is 0. The molecule has 4 aromatic rings. The minimum Gasteiger partial charge on any atom is -0.261 e. The molecule has 0 bridgehead atoms. The Kier molecular flexibility index (Phi) is 6.57. The van der Waals surface area contributed by atoms with Gasteiger partial charge in [0, 0.05) is 18.6 Å². The Labute approximate surface area is 158 Å². The van der Waals surface area contributed by atoms with Gasteiger partial charge in [-0.3, -0.25) is 9.97 Å². The second-order valence-corrected chi connectivity index (χ2v) is 7.62. The van der Waals surface area contributed by atoms with Gasteiger partial charge < -0.3 is 0 Å². The molecule has 0 saturated heterocycles. The lowest BCUT2D eigenvalue weighted by Gasteiger charge is -2.07. The maximum Gasteiger partial charge on any atom is 0.166 e. The zero-order valence-corrected chi connectivity index (χ0v) is 15.5. The highest BCUT2D eigenvalue weighted by atomic mass is 32.2. The van der Waals surface area contributed by atoms with Crippen LogP contribution in [0.25, 0.3) is 0 Å². The van der Waals surface area contributed by atoms with Crippen LogP contribution in [0.15, 0.2) is 124 Å². The van der Waals surface area contributed by atoms with Gasteiger partial charge in [-0.1, -0.05) is 54.6 Å². The Morgan fingerprint density at radius 2 is 1.00 bits per heavy atom. The summed E-state index contributed by atoms with van der Waals surface area (Å²) >= 11 is 0. The summed E-state index contributed by atoms with van der Waals surface area (Å²) < 4.78 is 0. The zero-order chi connectivity index (χ0) is 18.0. The van der Waals surface area contributed by atoms with Gasteiger partial charge in [-0.05, 0) is 43.3 Å². The summed E-state index contributed by atoms with van der Waals surface area (Å²) in [6, 6.07) is 32.2. The van der Waals surface area contributed by atoms with Crippen molar-refractivity contribution in [1.82, 2.24) is 9.97 Å². The number of hydrogen-bond donors (Lipinski definition) is 0. The smallest absolute Gasteiger partial charge is 0.166 e. The number of aryl methyl sites for hydroxylation is 1. The first kappa shape index (κ1) is 17.9. The fourth-order valence-corrected chi connectivity index (χ4v) is 4.56. The van der Waals surface area contributed by atoms with E-state index in [-0.39, 0.29) is 10.9 Å². The van der Waals surface area contributed by atoms with Crippen LogP contribution in [0.4, 0.5) is 0 Å². The molecule has 3 aromatic carbocycles. The molecule has 0 saturated carbocycles. The van der Waals surface area contributed by atoms with E-state index in [1.165, 1.54) is 14.7 Å². The molecule has 26 heavy (non-hydrogen) atoms. The third-order valence-corrected chi connectivity index (χ3v) is 5.86. The molecule has 0 fully saturated rings. The van der Waals surface area contributed by atoms with Crippen LogP contribution in [-0.4, -0.2) is 9.97 Å². The van der Waals surface area contributed by atoms with Crippen LogP contribution >= 0.6 is 0 Å². The summed E-state index contributed by atoms with van der Waals surface area (Å²) in [5.74, 6) is 0. The highest BCUT2D eigenvalue weighted by Gasteiger charge is 2.27. The Balaban J connectivity index is 0.000000236. The Bertz CT molecular complexity index is 788. The predicted molar refractivity (Wildman–Crippen MR) is 108 cm³/mol. The van der Waals surface area contributed by atoms with Crippen molar-refractivity contribution in [3.63, 3.8) is 0 Å². The number of aromatic nitrogens is 2. The molecule has 0 atom stereocenters. The van der Waals surface area contributed by atoms with E-state index >= 15 is 0 Å². The van der Waals surface area contributed by atoms with E-state index in [2.05, 4.69) is 101 Å². The van der Waals surface area contributed by atoms with E-state index in [9.17, 15) is 0 Å². The number of hydrogen-bond acceptors (Lipinski definition) is 2. The van der Waals surface area contributed by atoms with Gasteiger partial charge >= 0.3 is 0 Å². The minimum atomic E-state index is -0.0146. The van der Waals surface area contributed by atoms with Gasteiger partial charge in [0.25, 0.3) is 0 Å². The van der Waals surface area contributed by atoms with E-state index in [4.69, 9.17) is 0 Å². The van der Waals surface area contributed by atoms with Gasteiger partial charge in [0.05, 0.1) is 16.6 Å². The van der Waals surface area contributed by atoms with Crippen LogP contribution in [0.1, 0.15) is 5.69 Å². The first-order chi connectivity index (χ1) is 12.8. The fourth-order valence-electron chi connectivity index (χ4n) is 2.45. The maximum absolute atomic E-state index is 3.92. The zero-order valence-electron chi connectivity index (χ0n) is 14.7. The molecule has 0 amide bonds. The summed E-state index contributed by atoms with van der Waals surface area (Å²) in [6.07, 6.45) is 5.06. The van der Waals surface area contributed by atoms with E-state index in [1.54, 1.807) is 18.6 Å². The number of rotatable bonds is 3. The van der Waals surface area contributed by atoms with E-state index in [0.717, 1.165) is 5.69 Å². The summed E-state index contributed by atoms with van der Waals surface area (Å²) in [5.41, 5.74) is 0.961. The average molecular weight is 358 g/mol. The molecule has 0 aliphatic heterocycles. The molecule has 2 nitrogen and oxygen atoms in total. The molecule has 4 rings (SSSR count). The maximum atomic E-state index is 3.92. The third-order valence-electron chi connectivity index (χ3n) is 3.63. The molecule has 1 aromatic heterocycles.